The second-order valence-electron chi connectivity index (χ2n) is 10.2. The van der Waals surface area contributed by atoms with Crippen LogP contribution in [-0.4, -0.2) is 47.0 Å². The third-order valence-electron chi connectivity index (χ3n) is 7.55. The first-order valence-corrected chi connectivity index (χ1v) is 13.4. The SMILES string of the molecule is O=c1c(OC2CCc3ccccc3C2)c(N2CCN(Cc3ccccc3)CC2)cnn1-c1cc(F)cc(F)c1. The molecule has 0 saturated carbocycles. The molecule has 1 aromatic heterocycles. The van der Waals surface area contributed by atoms with Crippen LogP contribution in [0.4, 0.5) is 14.5 Å². The fraction of sp³-hybridized carbons (Fsp3) is 0.290. The van der Waals surface area contributed by atoms with Gasteiger partial charge in [0.2, 0.25) is 5.75 Å². The molecule has 8 heteroatoms. The van der Waals surface area contributed by atoms with Crippen LogP contribution in [-0.2, 0) is 19.4 Å². The lowest BCUT2D eigenvalue weighted by atomic mass is 9.90. The van der Waals surface area contributed by atoms with Gasteiger partial charge in [-0.15, -0.1) is 0 Å². The molecule has 0 amide bonds. The lowest BCUT2D eigenvalue weighted by molar-refractivity contribution is 0.180. The van der Waals surface area contributed by atoms with Crippen molar-refractivity contribution in [2.75, 3.05) is 31.1 Å². The molecule has 1 saturated heterocycles. The van der Waals surface area contributed by atoms with Crippen molar-refractivity contribution in [3.63, 3.8) is 0 Å². The largest absolute Gasteiger partial charge is 0.483 e. The molecular weight excluding hydrogens is 498 g/mol. The predicted molar refractivity (Wildman–Crippen MR) is 147 cm³/mol. The van der Waals surface area contributed by atoms with Crippen molar-refractivity contribution in [3.05, 3.63) is 118 Å². The third kappa shape index (κ3) is 5.56. The number of fused-ring (bicyclic) bond motifs is 1. The molecule has 3 aromatic carbocycles. The number of halogens is 2. The zero-order valence-corrected chi connectivity index (χ0v) is 21.6. The molecule has 1 atom stereocenters. The summed E-state index contributed by atoms with van der Waals surface area (Å²) >= 11 is 0. The van der Waals surface area contributed by atoms with E-state index in [9.17, 15) is 13.6 Å². The number of piperazine rings is 1. The number of benzene rings is 3. The number of hydrogen-bond acceptors (Lipinski definition) is 5. The molecule has 39 heavy (non-hydrogen) atoms. The van der Waals surface area contributed by atoms with Crippen LogP contribution in [0.5, 0.6) is 5.75 Å². The van der Waals surface area contributed by atoms with E-state index in [2.05, 4.69) is 39.2 Å². The first-order chi connectivity index (χ1) is 19.0. The van der Waals surface area contributed by atoms with E-state index in [1.54, 1.807) is 6.20 Å². The van der Waals surface area contributed by atoms with Gasteiger partial charge in [-0.2, -0.15) is 9.78 Å². The number of hydrogen-bond donors (Lipinski definition) is 0. The summed E-state index contributed by atoms with van der Waals surface area (Å²) in [4.78, 5) is 18.3. The molecule has 1 aliphatic carbocycles. The van der Waals surface area contributed by atoms with Crippen molar-refractivity contribution in [1.82, 2.24) is 14.7 Å². The van der Waals surface area contributed by atoms with Crippen LogP contribution in [0.15, 0.2) is 83.8 Å². The van der Waals surface area contributed by atoms with E-state index < -0.39 is 17.2 Å². The number of rotatable bonds is 6. The van der Waals surface area contributed by atoms with E-state index in [1.165, 1.54) is 16.7 Å². The van der Waals surface area contributed by atoms with Gasteiger partial charge in [0.25, 0.3) is 0 Å². The first kappa shape index (κ1) is 25.2. The van der Waals surface area contributed by atoms with Gasteiger partial charge in [0.1, 0.15) is 23.4 Å². The van der Waals surface area contributed by atoms with Gasteiger partial charge in [-0.05, 0) is 41.7 Å². The van der Waals surface area contributed by atoms with Gasteiger partial charge in [0.15, 0.2) is 0 Å². The molecule has 1 unspecified atom stereocenters. The number of nitrogens with zero attached hydrogens (tertiary/aromatic N) is 4. The zero-order valence-electron chi connectivity index (χ0n) is 21.6. The highest BCUT2D eigenvalue weighted by Gasteiger charge is 2.27. The van der Waals surface area contributed by atoms with Gasteiger partial charge in [-0.3, -0.25) is 9.69 Å². The van der Waals surface area contributed by atoms with E-state index in [1.807, 2.05) is 30.3 Å². The molecule has 200 valence electrons. The topological polar surface area (TPSA) is 50.6 Å². The summed E-state index contributed by atoms with van der Waals surface area (Å²) < 4.78 is 35.5. The van der Waals surface area contributed by atoms with Gasteiger partial charge in [0, 0.05) is 45.2 Å². The molecule has 6 nitrogen and oxygen atoms in total. The van der Waals surface area contributed by atoms with Gasteiger partial charge < -0.3 is 9.64 Å². The lowest BCUT2D eigenvalue weighted by Crippen LogP contribution is -2.46. The number of aryl methyl sites for hydroxylation is 1. The van der Waals surface area contributed by atoms with Gasteiger partial charge in [0.05, 0.1) is 11.9 Å². The number of anilines is 1. The van der Waals surface area contributed by atoms with E-state index in [0.717, 1.165) is 55.4 Å². The fourth-order valence-corrected chi connectivity index (χ4v) is 5.53. The van der Waals surface area contributed by atoms with Crippen LogP contribution >= 0.6 is 0 Å². The third-order valence-corrected chi connectivity index (χ3v) is 7.55. The number of aromatic nitrogens is 2. The Balaban J connectivity index is 1.29. The lowest BCUT2D eigenvalue weighted by Gasteiger charge is -2.37. The summed E-state index contributed by atoms with van der Waals surface area (Å²) in [5.41, 5.74) is 3.89. The predicted octanol–water partition coefficient (Wildman–Crippen LogP) is 4.77. The van der Waals surface area contributed by atoms with Crippen molar-refractivity contribution in [2.45, 2.75) is 31.9 Å². The summed E-state index contributed by atoms with van der Waals surface area (Å²) in [6.07, 6.45) is 3.73. The highest BCUT2D eigenvalue weighted by molar-refractivity contribution is 5.57. The quantitative estimate of drug-likeness (QED) is 0.361. The Morgan fingerprint density at radius 1 is 0.872 bits per heavy atom. The van der Waals surface area contributed by atoms with Crippen LogP contribution in [0.1, 0.15) is 23.1 Å². The smallest absolute Gasteiger partial charge is 0.316 e. The Kier molecular flexibility index (Phi) is 7.11. The zero-order chi connectivity index (χ0) is 26.8. The Labute approximate surface area is 226 Å². The minimum absolute atomic E-state index is 0.0237. The maximum Gasteiger partial charge on any atom is 0.316 e. The molecular formula is C31H30F2N4O2. The van der Waals surface area contributed by atoms with Crippen molar-refractivity contribution in [2.24, 2.45) is 0 Å². The molecule has 4 aromatic rings. The highest BCUT2D eigenvalue weighted by Crippen LogP contribution is 2.30. The molecule has 0 spiro atoms. The molecule has 0 radical (unpaired) electrons. The van der Waals surface area contributed by atoms with Crippen molar-refractivity contribution >= 4 is 5.69 Å². The Hall–Kier alpha value is -4.04. The van der Waals surface area contributed by atoms with Crippen molar-refractivity contribution in [1.29, 1.82) is 0 Å². The summed E-state index contributed by atoms with van der Waals surface area (Å²) in [7, 11) is 0. The van der Waals surface area contributed by atoms with Gasteiger partial charge >= 0.3 is 5.56 Å². The molecule has 2 heterocycles. The monoisotopic (exact) mass is 528 g/mol. The van der Waals surface area contributed by atoms with E-state index in [-0.39, 0.29) is 17.5 Å². The molecule has 0 N–H and O–H groups in total. The Morgan fingerprint density at radius 2 is 1.56 bits per heavy atom. The molecule has 6 rings (SSSR count). The average Bonchev–Trinajstić information content (AvgIpc) is 2.94. The second-order valence-corrected chi connectivity index (χ2v) is 10.2. The molecule has 1 aliphatic heterocycles. The maximum atomic E-state index is 14.0. The first-order valence-electron chi connectivity index (χ1n) is 13.4. The normalized spacial score (nSPS) is 17.6. The van der Waals surface area contributed by atoms with Crippen LogP contribution in [0, 0.1) is 11.6 Å². The van der Waals surface area contributed by atoms with Crippen molar-refractivity contribution in [3.8, 4) is 11.4 Å². The van der Waals surface area contributed by atoms with Crippen LogP contribution in [0.2, 0.25) is 0 Å². The number of ether oxygens (including phenoxy) is 1. The highest BCUT2D eigenvalue weighted by atomic mass is 19.1. The van der Waals surface area contributed by atoms with Crippen LogP contribution < -0.4 is 15.2 Å². The van der Waals surface area contributed by atoms with E-state index in [0.29, 0.717) is 25.2 Å². The summed E-state index contributed by atoms with van der Waals surface area (Å²) in [6, 6.07) is 21.6. The fourth-order valence-electron chi connectivity index (χ4n) is 5.53. The van der Waals surface area contributed by atoms with E-state index in [4.69, 9.17) is 4.74 Å². The Morgan fingerprint density at radius 3 is 2.31 bits per heavy atom. The minimum Gasteiger partial charge on any atom is -0.483 e. The summed E-state index contributed by atoms with van der Waals surface area (Å²) in [6.45, 7) is 3.92. The minimum atomic E-state index is -0.774. The average molecular weight is 529 g/mol. The van der Waals surface area contributed by atoms with Crippen LogP contribution in [0.25, 0.3) is 5.69 Å². The van der Waals surface area contributed by atoms with Gasteiger partial charge in [-0.1, -0.05) is 54.6 Å². The maximum absolute atomic E-state index is 14.0. The molecule has 0 bridgehead atoms. The van der Waals surface area contributed by atoms with E-state index >= 15 is 0 Å². The summed E-state index contributed by atoms with van der Waals surface area (Å²) in [5.74, 6) is -1.37. The van der Waals surface area contributed by atoms with Crippen molar-refractivity contribution < 1.29 is 13.5 Å². The molecule has 2 aliphatic rings. The second kappa shape index (κ2) is 11.0. The molecule has 1 fully saturated rings. The summed E-state index contributed by atoms with van der Waals surface area (Å²) in [5, 5.41) is 4.32. The Bertz CT molecular complexity index is 1500. The van der Waals surface area contributed by atoms with Gasteiger partial charge in [-0.25, -0.2) is 8.78 Å². The standard InChI is InChI=1S/C31H30F2N4O2/c32-25-17-26(33)19-27(18-25)37-31(38)30(39-28-11-10-23-8-4-5-9-24(23)16-28)29(20-34-37)36-14-12-35(13-15-36)21-22-6-2-1-3-7-22/h1-9,17-20,28H,10-16,21H2. The van der Waals surface area contributed by atoms with Crippen LogP contribution in [0.3, 0.4) is 0 Å².